The molecule has 220 valence electrons. The number of esters is 1. The van der Waals surface area contributed by atoms with Crippen molar-refractivity contribution in [1.82, 2.24) is 19.2 Å². The Balaban J connectivity index is 1.26. The van der Waals surface area contributed by atoms with Gasteiger partial charge in [-0.15, -0.1) is 0 Å². The van der Waals surface area contributed by atoms with Gasteiger partial charge in [0.05, 0.1) is 4.90 Å². The van der Waals surface area contributed by atoms with Crippen molar-refractivity contribution in [2.75, 3.05) is 32.7 Å². The second-order valence-electron chi connectivity index (χ2n) is 9.43. The van der Waals surface area contributed by atoms with E-state index >= 15 is 0 Å². The highest BCUT2D eigenvalue weighted by Gasteiger charge is 2.34. The van der Waals surface area contributed by atoms with Crippen LogP contribution >= 0.6 is 12.8 Å². The quantitative estimate of drug-likeness (QED) is 0.123. The molecule has 1 fully saturated rings. The number of carbonyl (C=O) groups excluding carboxylic acids is 4. The Morgan fingerprint density at radius 2 is 1.38 bits per heavy atom. The van der Waals surface area contributed by atoms with Crippen LogP contribution in [-0.4, -0.2) is 74.6 Å². The molecule has 0 atom stereocenters. The van der Waals surface area contributed by atoms with Crippen LogP contribution in [0.3, 0.4) is 0 Å². The predicted octanol–water partition coefficient (Wildman–Crippen LogP) is 1.93. The molecule has 11 nitrogen and oxygen atoms in total. The Morgan fingerprint density at radius 3 is 1.95 bits per heavy atom. The van der Waals surface area contributed by atoms with Crippen molar-refractivity contribution >= 4 is 46.5 Å². The summed E-state index contributed by atoms with van der Waals surface area (Å²) >= 11 is 3.68. The van der Waals surface area contributed by atoms with Crippen molar-refractivity contribution in [3.63, 3.8) is 0 Å². The first-order valence-electron chi connectivity index (χ1n) is 13.1. The third kappa shape index (κ3) is 7.75. The van der Waals surface area contributed by atoms with E-state index in [4.69, 9.17) is 4.74 Å². The topological polar surface area (TPSA) is 142 Å². The number of rotatable bonds is 12. The fraction of sp³-hybridized carbons (Fsp3) is 0.241. The number of hydrogen-bond acceptors (Lipinski definition) is 8. The van der Waals surface area contributed by atoms with Gasteiger partial charge in [-0.05, 0) is 41.8 Å². The summed E-state index contributed by atoms with van der Waals surface area (Å²) in [5.74, 6) is -2.69. The average molecular weight is 611 g/mol. The Hall–Kier alpha value is -4.20. The van der Waals surface area contributed by atoms with E-state index in [0.717, 1.165) is 16.0 Å². The minimum atomic E-state index is -3.84. The van der Waals surface area contributed by atoms with E-state index in [1.165, 1.54) is 29.2 Å². The maximum Gasteiger partial charge on any atom is 0.326 e. The lowest BCUT2D eigenvalue weighted by Crippen LogP contribution is -2.55. The van der Waals surface area contributed by atoms with Gasteiger partial charge in [0.1, 0.15) is 6.54 Å². The van der Waals surface area contributed by atoms with Crippen LogP contribution < -0.4 is 9.44 Å². The third-order valence-electron chi connectivity index (χ3n) is 6.60. The molecule has 0 aromatic heterocycles. The molecule has 3 amide bonds. The molecule has 13 heteroatoms. The molecule has 1 saturated heterocycles. The summed E-state index contributed by atoms with van der Waals surface area (Å²) in [6.45, 7) is 0.133. The third-order valence-corrected chi connectivity index (χ3v) is 8.28. The Kier molecular flexibility index (Phi) is 10.3. The molecular formula is C29H30N4O7S2. The summed E-state index contributed by atoms with van der Waals surface area (Å²) in [7, 11) is -3.84. The minimum Gasteiger partial charge on any atom is -0.451 e. The van der Waals surface area contributed by atoms with Gasteiger partial charge in [-0.2, -0.15) is 0 Å². The Labute approximate surface area is 249 Å². The molecule has 0 bridgehead atoms. The van der Waals surface area contributed by atoms with Crippen molar-refractivity contribution in [1.29, 1.82) is 0 Å². The number of benzene rings is 3. The van der Waals surface area contributed by atoms with Crippen LogP contribution in [0.15, 0.2) is 89.8 Å². The molecule has 42 heavy (non-hydrogen) atoms. The average Bonchev–Trinajstić information content (AvgIpc) is 3.01. The number of hydrogen-bond donors (Lipinski definition) is 3. The van der Waals surface area contributed by atoms with E-state index in [0.29, 0.717) is 0 Å². The molecule has 0 saturated carbocycles. The van der Waals surface area contributed by atoms with E-state index in [1.54, 1.807) is 0 Å². The van der Waals surface area contributed by atoms with E-state index < -0.39 is 39.8 Å². The number of sulfonamides is 1. The summed E-state index contributed by atoms with van der Waals surface area (Å²) in [6.07, 6.45) is -0.405. The van der Waals surface area contributed by atoms with Crippen molar-refractivity contribution in [2.24, 2.45) is 0 Å². The van der Waals surface area contributed by atoms with Crippen molar-refractivity contribution in [3.05, 3.63) is 102 Å². The summed E-state index contributed by atoms with van der Waals surface area (Å²) in [5.41, 5.74) is 1.81. The van der Waals surface area contributed by atoms with Crippen LogP contribution in [0.1, 0.15) is 34.0 Å². The summed E-state index contributed by atoms with van der Waals surface area (Å²) < 4.78 is 35.4. The summed E-state index contributed by atoms with van der Waals surface area (Å²) in [5, 5.41) is 0. The molecule has 2 N–H and O–H groups in total. The molecule has 0 aliphatic carbocycles. The number of thiol groups is 1. The lowest BCUT2D eigenvalue weighted by molar-refractivity contribution is -0.161. The molecule has 3 aromatic rings. The highest BCUT2D eigenvalue weighted by Crippen LogP contribution is 2.26. The second kappa shape index (κ2) is 14.1. The van der Waals surface area contributed by atoms with Gasteiger partial charge in [0.15, 0.2) is 6.10 Å². The first-order valence-corrected chi connectivity index (χ1v) is 15.0. The maximum atomic E-state index is 12.9. The lowest BCUT2D eigenvalue weighted by Gasteiger charge is -2.33. The van der Waals surface area contributed by atoms with E-state index in [1.807, 2.05) is 60.7 Å². The van der Waals surface area contributed by atoms with Crippen LogP contribution in [0.2, 0.25) is 0 Å². The number of ether oxygens (including phenoxy) is 1. The first kappa shape index (κ1) is 30.8. The van der Waals surface area contributed by atoms with Gasteiger partial charge < -0.3 is 14.5 Å². The molecule has 1 heterocycles. The zero-order valence-corrected chi connectivity index (χ0v) is 24.2. The normalized spacial score (nSPS) is 13.8. The Bertz CT molecular complexity index is 1480. The summed E-state index contributed by atoms with van der Waals surface area (Å²) in [4.78, 5) is 52.4. The molecule has 0 radical (unpaired) electrons. The van der Waals surface area contributed by atoms with Gasteiger partial charge in [0.2, 0.25) is 10.0 Å². The van der Waals surface area contributed by atoms with Gasteiger partial charge in [-0.3, -0.25) is 23.9 Å². The van der Waals surface area contributed by atoms with Crippen molar-refractivity contribution in [3.8, 4) is 0 Å². The second-order valence-corrected chi connectivity index (χ2v) is 11.4. The fourth-order valence-corrected chi connectivity index (χ4v) is 5.60. The lowest BCUT2D eigenvalue weighted by atomic mass is 10.0. The van der Waals surface area contributed by atoms with Gasteiger partial charge in [0, 0.05) is 31.7 Å². The molecule has 1 aliphatic rings. The smallest absolute Gasteiger partial charge is 0.326 e. The zero-order valence-electron chi connectivity index (χ0n) is 22.5. The highest BCUT2D eigenvalue weighted by atomic mass is 32.2. The van der Waals surface area contributed by atoms with Gasteiger partial charge in [-0.25, -0.2) is 13.1 Å². The molecule has 0 spiro atoms. The van der Waals surface area contributed by atoms with E-state index in [-0.39, 0.29) is 49.6 Å². The predicted molar refractivity (Wildman–Crippen MR) is 157 cm³/mol. The monoisotopic (exact) mass is 610 g/mol. The highest BCUT2D eigenvalue weighted by molar-refractivity contribution is 7.89. The number of nitrogens with zero attached hydrogens (tertiary/aromatic N) is 2. The molecule has 1 aliphatic heterocycles. The maximum absolute atomic E-state index is 12.9. The molecule has 4 rings (SSSR count). The standard InChI is InChI=1S/C29H30N4O7S2/c34-25(40-26(21-8-3-1-4-9-21)22-10-5-2-6-11-22)20-33-19-18-32(28(36)29(33)37)17-7-16-30-42(38,39)24-14-12-23(13-15-24)27(35)31-41/h1-6,8-15,26,30,41H,7,16-20H2,(H,31,35). The van der Waals surface area contributed by atoms with Gasteiger partial charge >= 0.3 is 17.8 Å². The van der Waals surface area contributed by atoms with Crippen molar-refractivity contribution < 1.29 is 32.3 Å². The molecule has 3 aromatic carbocycles. The van der Waals surface area contributed by atoms with Crippen LogP contribution in [-0.2, 0) is 29.1 Å². The first-order chi connectivity index (χ1) is 20.2. The summed E-state index contributed by atoms with van der Waals surface area (Å²) in [6, 6.07) is 23.8. The fourth-order valence-electron chi connectivity index (χ4n) is 4.40. The van der Waals surface area contributed by atoms with Crippen molar-refractivity contribution in [2.45, 2.75) is 17.4 Å². The van der Waals surface area contributed by atoms with Gasteiger partial charge in [-0.1, -0.05) is 73.5 Å². The molecular weight excluding hydrogens is 580 g/mol. The van der Waals surface area contributed by atoms with Crippen LogP contribution in [0, 0.1) is 0 Å². The molecule has 0 unspecified atom stereocenters. The van der Waals surface area contributed by atoms with Crippen LogP contribution in [0.25, 0.3) is 0 Å². The number of piperazine rings is 1. The minimum absolute atomic E-state index is 0.0215. The number of carbonyl (C=O) groups is 4. The number of nitrogens with one attached hydrogen (secondary N) is 2. The Morgan fingerprint density at radius 1 is 0.833 bits per heavy atom. The number of amides is 3. The zero-order chi connectivity index (χ0) is 30.1. The largest absolute Gasteiger partial charge is 0.451 e. The van der Waals surface area contributed by atoms with E-state index in [2.05, 4.69) is 22.3 Å². The SMILES string of the molecule is O=C(CN1CCN(CCCNS(=O)(=O)c2ccc(C(=O)NS)cc2)C(=O)C1=O)OC(c1ccccc1)c1ccccc1. The van der Waals surface area contributed by atoms with Crippen LogP contribution in [0.5, 0.6) is 0 Å². The van der Waals surface area contributed by atoms with Gasteiger partial charge in [0.25, 0.3) is 5.91 Å². The van der Waals surface area contributed by atoms with Crippen LogP contribution in [0.4, 0.5) is 0 Å². The van der Waals surface area contributed by atoms with E-state index in [9.17, 15) is 27.6 Å².